The van der Waals surface area contributed by atoms with Crippen LogP contribution in [0.2, 0.25) is 0 Å². The molecule has 0 aromatic heterocycles. The maximum absolute atomic E-state index is 12.3. The summed E-state index contributed by atoms with van der Waals surface area (Å²) in [5, 5.41) is 2.81. The van der Waals surface area contributed by atoms with Gasteiger partial charge in [0, 0.05) is 12.7 Å². The Morgan fingerprint density at radius 3 is 2.42 bits per heavy atom. The van der Waals surface area contributed by atoms with Crippen molar-refractivity contribution < 1.29 is 19.1 Å². The molecule has 138 valence electrons. The Labute approximate surface area is 153 Å². The number of rotatable bonds is 6. The summed E-state index contributed by atoms with van der Waals surface area (Å²) in [4.78, 5) is 25.5. The van der Waals surface area contributed by atoms with Crippen molar-refractivity contribution in [3.8, 4) is 5.75 Å². The number of ether oxygens (including phenoxy) is 2. The maximum atomic E-state index is 12.3. The van der Waals surface area contributed by atoms with Crippen molar-refractivity contribution in [2.24, 2.45) is 0 Å². The predicted octanol–water partition coefficient (Wildman–Crippen LogP) is 3.63. The summed E-state index contributed by atoms with van der Waals surface area (Å²) in [6.45, 7) is 4.68. The third-order valence-electron chi connectivity index (χ3n) is 3.96. The van der Waals surface area contributed by atoms with E-state index in [1.54, 1.807) is 25.2 Å². The molecule has 0 fully saturated rings. The van der Waals surface area contributed by atoms with Crippen LogP contribution in [0.25, 0.3) is 0 Å². The number of carbonyl (C=O) groups excluding carboxylic acids is 2. The summed E-state index contributed by atoms with van der Waals surface area (Å²) >= 11 is 0. The summed E-state index contributed by atoms with van der Waals surface area (Å²) in [5.74, 6) is 0.325. The van der Waals surface area contributed by atoms with Gasteiger partial charge in [0.25, 0.3) is 0 Å². The lowest BCUT2D eigenvalue weighted by Gasteiger charge is -2.19. The Hall–Kier alpha value is -3.02. The van der Waals surface area contributed by atoms with E-state index in [4.69, 9.17) is 9.47 Å². The van der Waals surface area contributed by atoms with Gasteiger partial charge in [0.1, 0.15) is 12.4 Å². The molecule has 6 nitrogen and oxygen atoms in total. The molecule has 2 aromatic rings. The number of likely N-dealkylation sites (N-methyl/N-ethyl adjacent to an activating group) is 1. The lowest BCUT2D eigenvalue weighted by molar-refractivity contribution is 0.0600. The van der Waals surface area contributed by atoms with Gasteiger partial charge in [0.05, 0.1) is 19.2 Å². The molecule has 0 heterocycles. The number of amides is 2. The van der Waals surface area contributed by atoms with Gasteiger partial charge in [-0.25, -0.2) is 9.59 Å². The normalized spacial score (nSPS) is 10.2. The molecule has 0 unspecified atom stereocenters. The number of nitrogens with zero attached hydrogens (tertiary/aromatic N) is 1. The van der Waals surface area contributed by atoms with Gasteiger partial charge in [-0.15, -0.1) is 0 Å². The number of nitrogens with one attached hydrogen (secondary N) is 1. The quantitative estimate of drug-likeness (QED) is 0.803. The third kappa shape index (κ3) is 5.24. The number of carbonyl (C=O) groups is 2. The Bertz CT molecular complexity index is 772. The third-order valence-corrected chi connectivity index (χ3v) is 3.96. The molecule has 0 saturated heterocycles. The number of urea groups is 1. The molecule has 0 aliphatic heterocycles. The Balaban J connectivity index is 1.90. The van der Waals surface area contributed by atoms with Crippen molar-refractivity contribution in [2.45, 2.75) is 13.8 Å². The number of benzene rings is 2. The topological polar surface area (TPSA) is 67.9 Å². The number of methoxy groups -OCH3 is 1. The fraction of sp³-hybridized carbons (Fsp3) is 0.300. The van der Waals surface area contributed by atoms with E-state index in [9.17, 15) is 9.59 Å². The van der Waals surface area contributed by atoms with Crippen molar-refractivity contribution in [1.82, 2.24) is 4.90 Å². The zero-order chi connectivity index (χ0) is 19.1. The average Bonchev–Trinajstić information content (AvgIpc) is 2.64. The molecular formula is C20H24N2O4. The first kappa shape index (κ1) is 19.3. The van der Waals surface area contributed by atoms with E-state index in [-0.39, 0.29) is 6.03 Å². The van der Waals surface area contributed by atoms with E-state index in [1.807, 2.05) is 38.1 Å². The second kappa shape index (κ2) is 8.89. The maximum Gasteiger partial charge on any atom is 0.337 e. The fourth-order valence-electron chi connectivity index (χ4n) is 2.25. The van der Waals surface area contributed by atoms with Gasteiger partial charge in [-0.2, -0.15) is 0 Å². The van der Waals surface area contributed by atoms with Crippen LogP contribution >= 0.6 is 0 Å². The molecule has 0 spiro atoms. The largest absolute Gasteiger partial charge is 0.492 e. The van der Waals surface area contributed by atoms with Crippen molar-refractivity contribution in [2.75, 3.05) is 32.6 Å². The summed E-state index contributed by atoms with van der Waals surface area (Å²) < 4.78 is 10.3. The van der Waals surface area contributed by atoms with Crippen molar-refractivity contribution in [3.05, 3.63) is 59.2 Å². The van der Waals surface area contributed by atoms with Crippen LogP contribution in [0, 0.1) is 13.8 Å². The van der Waals surface area contributed by atoms with Gasteiger partial charge < -0.3 is 19.7 Å². The Kier molecular flexibility index (Phi) is 6.60. The van der Waals surface area contributed by atoms with Gasteiger partial charge in [-0.05, 0) is 43.7 Å². The van der Waals surface area contributed by atoms with Crippen molar-refractivity contribution in [3.63, 3.8) is 0 Å². The molecule has 0 bridgehead atoms. The molecule has 6 heteroatoms. The molecule has 1 N–H and O–H groups in total. The van der Waals surface area contributed by atoms with E-state index >= 15 is 0 Å². The zero-order valence-electron chi connectivity index (χ0n) is 15.5. The van der Waals surface area contributed by atoms with Crippen LogP contribution in [0.4, 0.5) is 10.5 Å². The van der Waals surface area contributed by atoms with Gasteiger partial charge in [0.2, 0.25) is 0 Å². The number of anilines is 1. The second-order valence-corrected chi connectivity index (χ2v) is 6.03. The van der Waals surface area contributed by atoms with E-state index in [0.717, 1.165) is 11.3 Å². The summed E-state index contributed by atoms with van der Waals surface area (Å²) in [7, 11) is 3.01. The van der Waals surface area contributed by atoms with Gasteiger partial charge in [0.15, 0.2) is 0 Å². The number of aryl methyl sites for hydroxylation is 2. The van der Waals surface area contributed by atoms with Crippen molar-refractivity contribution >= 4 is 17.7 Å². The lowest BCUT2D eigenvalue weighted by atomic mass is 10.1. The number of esters is 1. The van der Waals surface area contributed by atoms with Crippen LogP contribution < -0.4 is 10.1 Å². The average molecular weight is 356 g/mol. The van der Waals surface area contributed by atoms with E-state index in [0.29, 0.717) is 24.4 Å². The van der Waals surface area contributed by atoms with Gasteiger partial charge in [-0.3, -0.25) is 0 Å². The lowest BCUT2D eigenvalue weighted by Crippen LogP contribution is -2.34. The van der Waals surface area contributed by atoms with Crippen LogP contribution in [0.5, 0.6) is 5.75 Å². The highest BCUT2D eigenvalue weighted by Crippen LogP contribution is 2.18. The van der Waals surface area contributed by atoms with Crippen LogP contribution in [0.15, 0.2) is 42.5 Å². The molecule has 0 radical (unpaired) electrons. The Morgan fingerprint density at radius 2 is 1.77 bits per heavy atom. The van der Waals surface area contributed by atoms with E-state index in [2.05, 4.69) is 5.32 Å². The van der Waals surface area contributed by atoms with Crippen LogP contribution in [0.1, 0.15) is 21.5 Å². The minimum atomic E-state index is -0.444. The molecule has 0 saturated carbocycles. The standard InChI is InChI=1S/C20H24N2O4/c1-14-5-9-17(10-6-14)26-12-11-22(3)20(24)21-18-13-16(19(23)25-4)8-7-15(18)2/h5-10,13H,11-12H2,1-4H3,(H,21,24). The smallest absolute Gasteiger partial charge is 0.337 e. The van der Waals surface area contributed by atoms with Crippen LogP contribution in [-0.4, -0.2) is 44.2 Å². The van der Waals surface area contributed by atoms with Crippen molar-refractivity contribution in [1.29, 1.82) is 0 Å². The van der Waals surface area contributed by atoms with Crippen LogP contribution in [0.3, 0.4) is 0 Å². The summed E-state index contributed by atoms with van der Waals surface area (Å²) in [6, 6.07) is 12.5. The van der Waals surface area contributed by atoms with E-state index < -0.39 is 5.97 Å². The summed E-state index contributed by atoms with van der Waals surface area (Å²) in [6.07, 6.45) is 0. The first-order valence-electron chi connectivity index (χ1n) is 8.31. The first-order valence-corrected chi connectivity index (χ1v) is 8.31. The molecule has 0 aliphatic carbocycles. The second-order valence-electron chi connectivity index (χ2n) is 6.03. The van der Waals surface area contributed by atoms with Gasteiger partial charge >= 0.3 is 12.0 Å². The zero-order valence-corrected chi connectivity index (χ0v) is 15.5. The Morgan fingerprint density at radius 1 is 1.08 bits per heavy atom. The predicted molar refractivity (Wildman–Crippen MR) is 101 cm³/mol. The SMILES string of the molecule is COC(=O)c1ccc(C)c(NC(=O)N(C)CCOc2ccc(C)cc2)c1. The fourth-order valence-corrected chi connectivity index (χ4v) is 2.25. The number of hydrogen-bond acceptors (Lipinski definition) is 4. The molecule has 0 atom stereocenters. The first-order chi connectivity index (χ1) is 12.4. The molecule has 2 amide bonds. The highest BCUT2D eigenvalue weighted by atomic mass is 16.5. The van der Waals surface area contributed by atoms with E-state index in [1.165, 1.54) is 17.6 Å². The number of hydrogen-bond donors (Lipinski definition) is 1. The molecule has 26 heavy (non-hydrogen) atoms. The highest BCUT2D eigenvalue weighted by molar-refractivity contribution is 5.94. The molecule has 2 aromatic carbocycles. The minimum Gasteiger partial charge on any atom is -0.492 e. The molecule has 0 aliphatic rings. The van der Waals surface area contributed by atoms with Crippen LogP contribution in [-0.2, 0) is 4.74 Å². The molecular weight excluding hydrogens is 332 g/mol. The summed E-state index contributed by atoms with van der Waals surface area (Å²) in [5.41, 5.74) is 2.98. The highest BCUT2D eigenvalue weighted by Gasteiger charge is 2.13. The van der Waals surface area contributed by atoms with Gasteiger partial charge in [-0.1, -0.05) is 23.8 Å². The monoisotopic (exact) mass is 356 g/mol. The minimum absolute atomic E-state index is 0.275. The molecule has 2 rings (SSSR count).